The molecular formula is C12H28N4O. The molecule has 0 saturated carbocycles. The summed E-state index contributed by atoms with van der Waals surface area (Å²) in [7, 11) is 2.01. The van der Waals surface area contributed by atoms with Gasteiger partial charge in [0.1, 0.15) is 0 Å². The first-order valence-corrected chi connectivity index (χ1v) is 6.56. The van der Waals surface area contributed by atoms with Crippen molar-refractivity contribution in [3.05, 3.63) is 0 Å². The molecule has 3 N–H and O–H groups in total. The van der Waals surface area contributed by atoms with Crippen molar-refractivity contribution in [2.75, 3.05) is 33.4 Å². The van der Waals surface area contributed by atoms with E-state index in [1.54, 1.807) is 0 Å². The van der Waals surface area contributed by atoms with E-state index in [1.165, 1.54) is 19.3 Å². The molecule has 0 amide bonds. The van der Waals surface area contributed by atoms with Gasteiger partial charge in [0.15, 0.2) is 0 Å². The molecule has 0 unspecified atom stereocenters. The van der Waals surface area contributed by atoms with E-state index in [1.807, 2.05) is 14.0 Å². The normalized spacial score (nSPS) is 11.6. The Labute approximate surface area is 105 Å². The highest BCUT2D eigenvalue weighted by Crippen LogP contribution is 1.97. The standard InChI is InChI=1S/C12H28N4O/c1-4-6-7-10-16(3)12(15-13)14-9-8-11-17-5-2/h4-11,13H2,1-3H3,(H,14,15). The van der Waals surface area contributed by atoms with Gasteiger partial charge in [0.2, 0.25) is 5.96 Å². The largest absolute Gasteiger partial charge is 0.382 e. The number of nitrogens with two attached hydrogens (primary N) is 1. The van der Waals surface area contributed by atoms with Crippen molar-refractivity contribution in [2.24, 2.45) is 10.8 Å². The molecule has 0 aromatic rings. The van der Waals surface area contributed by atoms with Gasteiger partial charge >= 0.3 is 0 Å². The molecule has 0 fully saturated rings. The van der Waals surface area contributed by atoms with Gasteiger partial charge in [0.05, 0.1) is 0 Å². The lowest BCUT2D eigenvalue weighted by molar-refractivity contribution is 0.146. The summed E-state index contributed by atoms with van der Waals surface area (Å²) >= 11 is 0. The highest BCUT2D eigenvalue weighted by molar-refractivity contribution is 5.79. The summed E-state index contributed by atoms with van der Waals surface area (Å²) in [4.78, 5) is 6.48. The summed E-state index contributed by atoms with van der Waals surface area (Å²) in [6, 6.07) is 0. The Morgan fingerprint density at radius 2 is 2.06 bits per heavy atom. The third-order valence-electron chi connectivity index (χ3n) is 2.50. The minimum Gasteiger partial charge on any atom is -0.382 e. The Bertz CT molecular complexity index is 197. The summed E-state index contributed by atoms with van der Waals surface area (Å²) in [5.41, 5.74) is 2.65. The first kappa shape index (κ1) is 16.2. The maximum atomic E-state index is 5.47. The van der Waals surface area contributed by atoms with Crippen molar-refractivity contribution < 1.29 is 4.74 Å². The third kappa shape index (κ3) is 8.94. The van der Waals surface area contributed by atoms with Crippen molar-refractivity contribution in [3.8, 4) is 0 Å². The molecule has 102 valence electrons. The molecule has 5 heteroatoms. The van der Waals surface area contributed by atoms with Crippen LogP contribution in [0.4, 0.5) is 0 Å². The van der Waals surface area contributed by atoms with Crippen LogP contribution in [0.5, 0.6) is 0 Å². The van der Waals surface area contributed by atoms with Crippen LogP contribution in [0.25, 0.3) is 0 Å². The number of hydrogen-bond donors (Lipinski definition) is 2. The van der Waals surface area contributed by atoms with E-state index < -0.39 is 0 Å². The first-order valence-electron chi connectivity index (χ1n) is 6.56. The predicted molar refractivity (Wildman–Crippen MR) is 72.9 cm³/mol. The van der Waals surface area contributed by atoms with Gasteiger partial charge in [-0.1, -0.05) is 19.8 Å². The van der Waals surface area contributed by atoms with Gasteiger partial charge < -0.3 is 9.64 Å². The Kier molecular flexibility index (Phi) is 11.1. The Morgan fingerprint density at radius 3 is 2.65 bits per heavy atom. The average Bonchev–Trinajstić information content (AvgIpc) is 2.34. The lowest BCUT2D eigenvalue weighted by Gasteiger charge is -2.20. The maximum absolute atomic E-state index is 5.47. The minimum absolute atomic E-state index is 0.748. The monoisotopic (exact) mass is 244 g/mol. The highest BCUT2D eigenvalue weighted by Gasteiger charge is 2.03. The van der Waals surface area contributed by atoms with Crippen LogP contribution in [0.3, 0.4) is 0 Å². The van der Waals surface area contributed by atoms with Gasteiger partial charge in [-0.25, -0.2) is 5.84 Å². The number of nitrogens with one attached hydrogen (secondary N) is 1. The molecule has 0 atom stereocenters. The number of nitrogens with zero attached hydrogens (tertiary/aromatic N) is 2. The highest BCUT2D eigenvalue weighted by atomic mass is 16.5. The molecule has 0 rings (SSSR count). The lowest BCUT2D eigenvalue weighted by atomic mass is 10.2. The second-order valence-corrected chi connectivity index (χ2v) is 4.03. The first-order chi connectivity index (χ1) is 8.26. The minimum atomic E-state index is 0.748. The molecule has 5 nitrogen and oxygen atoms in total. The van der Waals surface area contributed by atoms with Crippen molar-refractivity contribution in [3.63, 3.8) is 0 Å². The lowest BCUT2D eigenvalue weighted by Crippen LogP contribution is -2.43. The summed E-state index contributed by atoms with van der Waals surface area (Å²) in [5, 5.41) is 0. The zero-order valence-electron chi connectivity index (χ0n) is 11.5. The van der Waals surface area contributed by atoms with E-state index in [4.69, 9.17) is 10.6 Å². The van der Waals surface area contributed by atoms with Gasteiger partial charge in [0.25, 0.3) is 0 Å². The van der Waals surface area contributed by atoms with E-state index in [0.717, 1.165) is 38.7 Å². The third-order valence-corrected chi connectivity index (χ3v) is 2.50. The zero-order chi connectivity index (χ0) is 12.9. The molecular weight excluding hydrogens is 216 g/mol. The molecule has 0 aromatic heterocycles. The van der Waals surface area contributed by atoms with Crippen LogP contribution in [0.2, 0.25) is 0 Å². The number of unbranched alkanes of at least 4 members (excludes halogenated alkanes) is 2. The molecule has 0 aliphatic heterocycles. The number of aliphatic imine (C=N–C) groups is 1. The van der Waals surface area contributed by atoms with Gasteiger partial charge in [-0.2, -0.15) is 0 Å². The number of hydrogen-bond acceptors (Lipinski definition) is 3. The SMILES string of the molecule is CCCCCN(C)C(=NCCCOCC)NN. The number of hydrazine groups is 1. The molecule has 0 aliphatic rings. The number of guanidine groups is 1. The van der Waals surface area contributed by atoms with Gasteiger partial charge in [0, 0.05) is 33.4 Å². The Balaban J connectivity index is 3.81. The van der Waals surface area contributed by atoms with Crippen LogP contribution in [0.1, 0.15) is 39.5 Å². The van der Waals surface area contributed by atoms with Crippen molar-refractivity contribution in [1.29, 1.82) is 0 Å². The molecule has 0 heterocycles. The summed E-state index contributed by atoms with van der Waals surface area (Å²) in [6.45, 7) is 7.46. The van der Waals surface area contributed by atoms with Crippen LogP contribution < -0.4 is 11.3 Å². The van der Waals surface area contributed by atoms with Crippen LogP contribution >= 0.6 is 0 Å². The Hall–Kier alpha value is -0.810. The second-order valence-electron chi connectivity index (χ2n) is 4.03. The van der Waals surface area contributed by atoms with E-state index in [2.05, 4.69) is 22.2 Å². The van der Waals surface area contributed by atoms with Crippen LogP contribution in [-0.2, 0) is 4.74 Å². The molecule has 0 spiro atoms. The van der Waals surface area contributed by atoms with Gasteiger partial charge in [-0.15, -0.1) is 0 Å². The fraction of sp³-hybridized carbons (Fsp3) is 0.917. The Morgan fingerprint density at radius 1 is 1.29 bits per heavy atom. The molecule has 0 radical (unpaired) electrons. The molecule has 17 heavy (non-hydrogen) atoms. The topological polar surface area (TPSA) is 62.9 Å². The van der Waals surface area contributed by atoms with Crippen molar-refractivity contribution >= 4 is 5.96 Å². The average molecular weight is 244 g/mol. The summed E-state index contributed by atoms with van der Waals surface area (Å²) in [5.74, 6) is 6.23. The second kappa shape index (κ2) is 11.7. The number of ether oxygens (including phenoxy) is 1. The zero-order valence-corrected chi connectivity index (χ0v) is 11.5. The maximum Gasteiger partial charge on any atom is 0.208 e. The van der Waals surface area contributed by atoms with Gasteiger partial charge in [-0.3, -0.25) is 10.4 Å². The van der Waals surface area contributed by atoms with E-state index in [-0.39, 0.29) is 0 Å². The van der Waals surface area contributed by atoms with Crippen LogP contribution in [-0.4, -0.2) is 44.2 Å². The molecule has 0 bridgehead atoms. The predicted octanol–water partition coefficient (Wildman–Crippen LogP) is 1.35. The smallest absolute Gasteiger partial charge is 0.208 e. The quantitative estimate of drug-likeness (QED) is 0.211. The number of rotatable bonds is 9. The fourth-order valence-corrected chi connectivity index (χ4v) is 1.48. The van der Waals surface area contributed by atoms with Gasteiger partial charge in [-0.05, 0) is 19.8 Å². The van der Waals surface area contributed by atoms with Crippen molar-refractivity contribution in [1.82, 2.24) is 10.3 Å². The summed E-state index contributed by atoms with van der Waals surface area (Å²) < 4.78 is 5.25. The van der Waals surface area contributed by atoms with E-state index >= 15 is 0 Å². The fourth-order valence-electron chi connectivity index (χ4n) is 1.48. The molecule has 0 aliphatic carbocycles. The van der Waals surface area contributed by atoms with E-state index in [9.17, 15) is 0 Å². The molecule has 0 aromatic carbocycles. The van der Waals surface area contributed by atoms with Crippen molar-refractivity contribution in [2.45, 2.75) is 39.5 Å². The molecule has 0 saturated heterocycles. The summed E-state index contributed by atoms with van der Waals surface area (Å²) in [6.07, 6.45) is 4.58. The van der Waals surface area contributed by atoms with Crippen LogP contribution in [0.15, 0.2) is 4.99 Å². The van der Waals surface area contributed by atoms with E-state index in [0.29, 0.717) is 0 Å². The van der Waals surface area contributed by atoms with Crippen LogP contribution in [0, 0.1) is 0 Å².